The van der Waals surface area contributed by atoms with Crippen molar-refractivity contribution >= 4 is 6.08 Å². The lowest BCUT2D eigenvalue weighted by Gasteiger charge is -2.25. The standard InChI is InChI=1S/C14H18O/c1-3-12-6-8-13(9-7-12)15-14(2)10-4-5-11-14/h3,6-9H,1,4-5,10-11H2,2H3. The van der Waals surface area contributed by atoms with Crippen molar-refractivity contribution in [2.24, 2.45) is 0 Å². The molecule has 1 fully saturated rings. The van der Waals surface area contributed by atoms with Crippen LogP contribution in [0.3, 0.4) is 0 Å². The molecule has 1 aliphatic carbocycles. The van der Waals surface area contributed by atoms with E-state index in [-0.39, 0.29) is 5.60 Å². The molecule has 0 amide bonds. The maximum Gasteiger partial charge on any atom is 0.120 e. The van der Waals surface area contributed by atoms with Crippen LogP contribution in [0, 0.1) is 0 Å². The Morgan fingerprint density at radius 1 is 1.20 bits per heavy atom. The van der Waals surface area contributed by atoms with E-state index in [2.05, 4.69) is 13.5 Å². The van der Waals surface area contributed by atoms with Crippen LogP contribution >= 0.6 is 0 Å². The van der Waals surface area contributed by atoms with Crippen molar-refractivity contribution in [3.63, 3.8) is 0 Å². The van der Waals surface area contributed by atoms with Gasteiger partial charge in [0.2, 0.25) is 0 Å². The van der Waals surface area contributed by atoms with E-state index in [1.165, 1.54) is 25.7 Å². The monoisotopic (exact) mass is 202 g/mol. The zero-order valence-electron chi connectivity index (χ0n) is 9.33. The summed E-state index contributed by atoms with van der Waals surface area (Å²) in [4.78, 5) is 0. The van der Waals surface area contributed by atoms with E-state index < -0.39 is 0 Å². The summed E-state index contributed by atoms with van der Waals surface area (Å²) in [6.45, 7) is 5.95. The molecule has 15 heavy (non-hydrogen) atoms. The molecule has 0 heterocycles. The summed E-state index contributed by atoms with van der Waals surface area (Å²) in [7, 11) is 0. The highest BCUT2D eigenvalue weighted by Gasteiger charge is 2.30. The van der Waals surface area contributed by atoms with Gasteiger partial charge in [-0.15, -0.1) is 0 Å². The predicted octanol–water partition coefficient (Wildman–Crippen LogP) is 4.04. The van der Waals surface area contributed by atoms with Crippen molar-refractivity contribution in [1.29, 1.82) is 0 Å². The lowest BCUT2D eigenvalue weighted by Crippen LogP contribution is -2.27. The van der Waals surface area contributed by atoms with Crippen LogP contribution in [0.15, 0.2) is 30.8 Å². The summed E-state index contributed by atoms with van der Waals surface area (Å²) in [6.07, 6.45) is 6.79. The van der Waals surface area contributed by atoms with Crippen LogP contribution in [0.2, 0.25) is 0 Å². The minimum absolute atomic E-state index is 0.0652. The molecule has 0 spiro atoms. The lowest BCUT2D eigenvalue weighted by atomic mass is 10.1. The fourth-order valence-electron chi connectivity index (χ4n) is 2.18. The largest absolute Gasteiger partial charge is 0.488 e. The smallest absolute Gasteiger partial charge is 0.120 e. The molecule has 0 bridgehead atoms. The number of hydrogen-bond donors (Lipinski definition) is 0. The first-order valence-electron chi connectivity index (χ1n) is 5.63. The lowest BCUT2D eigenvalue weighted by molar-refractivity contribution is 0.0968. The van der Waals surface area contributed by atoms with Gasteiger partial charge in [-0.3, -0.25) is 0 Å². The number of hydrogen-bond acceptors (Lipinski definition) is 1. The van der Waals surface area contributed by atoms with E-state index in [4.69, 9.17) is 4.74 Å². The Hall–Kier alpha value is -1.24. The van der Waals surface area contributed by atoms with E-state index >= 15 is 0 Å². The molecule has 0 aromatic heterocycles. The molecule has 1 aromatic rings. The second kappa shape index (κ2) is 4.09. The Morgan fingerprint density at radius 2 is 1.80 bits per heavy atom. The zero-order valence-corrected chi connectivity index (χ0v) is 9.33. The molecule has 0 aliphatic heterocycles. The van der Waals surface area contributed by atoms with Crippen LogP contribution in [-0.2, 0) is 0 Å². The van der Waals surface area contributed by atoms with Crippen LogP contribution in [0.1, 0.15) is 38.2 Å². The van der Waals surface area contributed by atoms with Crippen LogP contribution < -0.4 is 4.74 Å². The molecule has 1 aliphatic rings. The van der Waals surface area contributed by atoms with Crippen molar-refractivity contribution in [3.05, 3.63) is 36.4 Å². The van der Waals surface area contributed by atoms with Gasteiger partial charge in [-0.05, 0) is 50.3 Å². The van der Waals surface area contributed by atoms with Gasteiger partial charge >= 0.3 is 0 Å². The topological polar surface area (TPSA) is 9.23 Å². The molecule has 1 nitrogen and oxygen atoms in total. The van der Waals surface area contributed by atoms with Crippen molar-refractivity contribution in [3.8, 4) is 5.75 Å². The van der Waals surface area contributed by atoms with Gasteiger partial charge in [-0.2, -0.15) is 0 Å². The number of ether oxygens (including phenoxy) is 1. The first-order valence-corrected chi connectivity index (χ1v) is 5.63. The van der Waals surface area contributed by atoms with E-state index in [0.29, 0.717) is 0 Å². The second-order valence-corrected chi connectivity index (χ2v) is 4.53. The van der Waals surface area contributed by atoms with Gasteiger partial charge in [0.15, 0.2) is 0 Å². The molecule has 80 valence electrons. The average molecular weight is 202 g/mol. The highest BCUT2D eigenvalue weighted by Crippen LogP contribution is 2.33. The van der Waals surface area contributed by atoms with Gasteiger partial charge in [-0.25, -0.2) is 0 Å². The van der Waals surface area contributed by atoms with Gasteiger partial charge in [0.1, 0.15) is 11.4 Å². The Morgan fingerprint density at radius 3 is 2.33 bits per heavy atom. The van der Waals surface area contributed by atoms with Gasteiger partial charge < -0.3 is 4.74 Å². The molecular formula is C14H18O. The Kier molecular flexibility index (Phi) is 2.81. The molecule has 0 unspecified atom stereocenters. The fraction of sp³-hybridized carbons (Fsp3) is 0.429. The molecule has 0 saturated heterocycles. The molecule has 0 N–H and O–H groups in total. The van der Waals surface area contributed by atoms with E-state index in [1.807, 2.05) is 30.3 Å². The summed E-state index contributed by atoms with van der Waals surface area (Å²) in [6, 6.07) is 8.14. The van der Waals surface area contributed by atoms with E-state index in [9.17, 15) is 0 Å². The van der Waals surface area contributed by atoms with E-state index in [0.717, 1.165) is 11.3 Å². The number of benzene rings is 1. The normalized spacial score (nSPS) is 18.7. The molecule has 1 heteroatoms. The zero-order chi connectivity index (χ0) is 10.7. The highest BCUT2D eigenvalue weighted by molar-refractivity contribution is 5.48. The third-order valence-electron chi connectivity index (χ3n) is 3.14. The summed E-state index contributed by atoms with van der Waals surface area (Å²) in [5.41, 5.74) is 1.20. The Labute approximate surface area is 91.8 Å². The van der Waals surface area contributed by atoms with Crippen LogP contribution in [0.25, 0.3) is 6.08 Å². The quantitative estimate of drug-likeness (QED) is 0.718. The summed E-state index contributed by atoms with van der Waals surface area (Å²) < 4.78 is 6.03. The summed E-state index contributed by atoms with van der Waals surface area (Å²) in [5.74, 6) is 0.977. The predicted molar refractivity (Wildman–Crippen MR) is 64.0 cm³/mol. The summed E-state index contributed by atoms with van der Waals surface area (Å²) in [5, 5.41) is 0. The molecule has 1 saturated carbocycles. The molecule has 0 atom stereocenters. The third-order valence-corrected chi connectivity index (χ3v) is 3.14. The first kappa shape index (κ1) is 10.3. The maximum absolute atomic E-state index is 6.03. The van der Waals surface area contributed by atoms with Gasteiger partial charge in [0.05, 0.1) is 0 Å². The third kappa shape index (κ3) is 2.41. The van der Waals surface area contributed by atoms with E-state index in [1.54, 1.807) is 0 Å². The number of rotatable bonds is 3. The summed E-state index contributed by atoms with van der Waals surface area (Å²) >= 11 is 0. The Bertz CT molecular complexity index is 331. The first-order chi connectivity index (χ1) is 7.22. The second-order valence-electron chi connectivity index (χ2n) is 4.53. The van der Waals surface area contributed by atoms with Gasteiger partial charge in [0.25, 0.3) is 0 Å². The average Bonchev–Trinajstić information content (AvgIpc) is 2.66. The maximum atomic E-state index is 6.03. The van der Waals surface area contributed by atoms with Crippen molar-refractivity contribution in [2.75, 3.05) is 0 Å². The van der Waals surface area contributed by atoms with Crippen LogP contribution in [-0.4, -0.2) is 5.60 Å². The minimum Gasteiger partial charge on any atom is -0.488 e. The molecule has 1 aromatic carbocycles. The fourth-order valence-corrected chi connectivity index (χ4v) is 2.18. The molecular weight excluding hydrogens is 184 g/mol. The molecule has 2 rings (SSSR count). The minimum atomic E-state index is 0.0652. The molecule has 0 radical (unpaired) electrons. The van der Waals surface area contributed by atoms with Gasteiger partial charge in [0, 0.05) is 0 Å². The Balaban J connectivity index is 2.07. The van der Waals surface area contributed by atoms with Gasteiger partial charge in [-0.1, -0.05) is 24.8 Å². The van der Waals surface area contributed by atoms with Crippen molar-refractivity contribution in [2.45, 2.75) is 38.2 Å². The highest BCUT2D eigenvalue weighted by atomic mass is 16.5. The SMILES string of the molecule is C=Cc1ccc(OC2(C)CCCC2)cc1. The van der Waals surface area contributed by atoms with Crippen LogP contribution in [0.5, 0.6) is 5.75 Å². The van der Waals surface area contributed by atoms with Crippen molar-refractivity contribution < 1.29 is 4.74 Å². The van der Waals surface area contributed by atoms with Crippen molar-refractivity contribution in [1.82, 2.24) is 0 Å². The van der Waals surface area contributed by atoms with Crippen LogP contribution in [0.4, 0.5) is 0 Å².